The van der Waals surface area contributed by atoms with Crippen molar-refractivity contribution in [2.24, 2.45) is 28.5 Å². The number of hydrogen-bond donors (Lipinski definition) is 3. The van der Waals surface area contributed by atoms with Gasteiger partial charge in [0.05, 0.1) is 42.3 Å². The van der Waals surface area contributed by atoms with E-state index in [0.717, 1.165) is 25.0 Å². The number of aliphatic imine (C=N–C) groups is 1. The first kappa shape index (κ1) is 24.1. The van der Waals surface area contributed by atoms with Gasteiger partial charge in [0.25, 0.3) is 0 Å². The van der Waals surface area contributed by atoms with Crippen molar-refractivity contribution in [1.29, 1.82) is 0 Å². The number of imidazole rings is 1. The molecule has 0 amide bonds. The lowest BCUT2D eigenvalue weighted by molar-refractivity contribution is 0.00822. The lowest BCUT2D eigenvalue weighted by Crippen LogP contribution is -2.47. The Labute approximate surface area is 213 Å². The molecule has 0 radical (unpaired) electrons. The molecule has 0 bridgehead atoms. The Morgan fingerprint density at radius 1 is 1.16 bits per heavy atom. The van der Waals surface area contributed by atoms with Gasteiger partial charge in [-0.3, -0.25) is 4.99 Å². The Morgan fingerprint density at radius 2 is 1.95 bits per heavy atom. The summed E-state index contributed by atoms with van der Waals surface area (Å²) in [5.41, 5.74) is 8.40. The van der Waals surface area contributed by atoms with Gasteiger partial charge in [-0.15, -0.1) is 0 Å². The minimum absolute atomic E-state index is 0.0160. The Bertz CT molecular complexity index is 1350. The van der Waals surface area contributed by atoms with Crippen LogP contribution in [0, 0.1) is 29.4 Å². The summed E-state index contributed by atoms with van der Waals surface area (Å²) in [6.45, 7) is 2.97. The summed E-state index contributed by atoms with van der Waals surface area (Å²) in [5.74, 6) is -0.346. The largest absolute Gasteiger partial charge is 0.391 e. The van der Waals surface area contributed by atoms with E-state index in [4.69, 9.17) is 10.5 Å². The van der Waals surface area contributed by atoms with Crippen LogP contribution in [-0.2, 0) is 4.74 Å². The van der Waals surface area contributed by atoms with Crippen LogP contribution in [0.15, 0.2) is 47.4 Å². The van der Waals surface area contributed by atoms with Gasteiger partial charge in [0.2, 0.25) is 5.95 Å². The van der Waals surface area contributed by atoms with Gasteiger partial charge in [-0.2, -0.15) is 9.61 Å². The summed E-state index contributed by atoms with van der Waals surface area (Å²) < 4.78 is 36.8. The van der Waals surface area contributed by atoms with Crippen LogP contribution in [0.4, 0.5) is 14.7 Å². The van der Waals surface area contributed by atoms with Crippen LogP contribution in [0.5, 0.6) is 0 Å². The molecule has 4 heterocycles. The number of rotatable bonds is 5. The third kappa shape index (κ3) is 4.43. The number of nitrogens with one attached hydrogen (secondary N) is 1. The zero-order chi connectivity index (χ0) is 25.7. The van der Waals surface area contributed by atoms with E-state index in [-0.39, 0.29) is 41.0 Å². The molecule has 1 saturated carbocycles. The van der Waals surface area contributed by atoms with Crippen molar-refractivity contribution < 1.29 is 18.6 Å². The van der Waals surface area contributed by atoms with Gasteiger partial charge in [-0.1, -0.05) is 6.92 Å². The van der Waals surface area contributed by atoms with E-state index >= 15 is 8.78 Å². The second-order valence-corrected chi connectivity index (χ2v) is 10.5. The maximum Gasteiger partial charge on any atom is 0.228 e. The van der Waals surface area contributed by atoms with E-state index in [9.17, 15) is 5.11 Å². The molecule has 194 valence electrons. The number of nitrogens with zero attached hydrogens (tertiary/aromatic N) is 4. The summed E-state index contributed by atoms with van der Waals surface area (Å²) in [6.07, 6.45) is 7.15. The second kappa shape index (κ2) is 9.59. The Hall–Kier alpha value is -3.21. The lowest BCUT2D eigenvalue weighted by atomic mass is 9.70. The van der Waals surface area contributed by atoms with Crippen molar-refractivity contribution >= 4 is 17.7 Å². The molecule has 8 nitrogen and oxygen atoms in total. The average molecular weight is 509 g/mol. The molecule has 1 aromatic carbocycles. The van der Waals surface area contributed by atoms with E-state index in [2.05, 4.69) is 20.4 Å². The first-order valence-electron chi connectivity index (χ1n) is 12.7. The Kier molecular flexibility index (Phi) is 6.26. The summed E-state index contributed by atoms with van der Waals surface area (Å²) >= 11 is 0. The van der Waals surface area contributed by atoms with Crippen LogP contribution in [0.2, 0.25) is 0 Å². The average Bonchev–Trinajstić information content (AvgIpc) is 3.23. The molecule has 5 atom stereocenters. The number of hydrogen-bond acceptors (Lipinski definition) is 7. The monoisotopic (exact) mass is 508 g/mol. The van der Waals surface area contributed by atoms with Gasteiger partial charge in [0.15, 0.2) is 0 Å². The Balaban J connectivity index is 1.29. The number of anilines is 1. The maximum atomic E-state index is 15.1. The number of ether oxygens (including phenoxy) is 1. The van der Waals surface area contributed by atoms with Crippen molar-refractivity contribution in [2.45, 2.75) is 44.2 Å². The molecule has 10 heteroatoms. The van der Waals surface area contributed by atoms with Crippen LogP contribution >= 0.6 is 0 Å². The third-order valence-electron chi connectivity index (χ3n) is 7.99. The SMILES string of the molecule is CC1CC(C2CC=NC=C2Nc2ncc3ccc(-c4c(F)cc(C5COC5)cc4F)nn23)CC(N)C1O. The summed E-state index contributed by atoms with van der Waals surface area (Å²) in [6, 6.07) is 5.80. The first-order chi connectivity index (χ1) is 17.9. The predicted octanol–water partition coefficient (Wildman–Crippen LogP) is 3.87. The quantitative estimate of drug-likeness (QED) is 0.483. The molecule has 4 N–H and O–H groups in total. The fourth-order valence-electron chi connectivity index (χ4n) is 5.79. The van der Waals surface area contributed by atoms with E-state index in [0.29, 0.717) is 30.2 Å². The summed E-state index contributed by atoms with van der Waals surface area (Å²) in [7, 11) is 0. The van der Waals surface area contributed by atoms with E-state index < -0.39 is 17.7 Å². The highest BCUT2D eigenvalue weighted by atomic mass is 19.1. The molecular weight excluding hydrogens is 478 g/mol. The summed E-state index contributed by atoms with van der Waals surface area (Å²) in [4.78, 5) is 8.82. The number of nitrogens with two attached hydrogens (primary N) is 1. The molecule has 2 aliphatic heterocycles. The molecule has 3 aromatic rings. The highest BCUT2D eigenvalue weighted by Crippen LogP contribution is 2.39. The minimum Gasteiger partial charge on any atom is -0.391 e. The highest BCUT2D eigenvalue weighted by molar-refractivity contribution is 5.65. The molecule has 5 unspecified atom stereocenters. The number of benzene rings is 1. The predicted molar refractivity (Wildman–Crippen MR) is 136 cm³/mol. The van der Waals surface area contributed by atoms with Crippen molar-refractivity contribution in [3.63, 3.8) is 0 Å². The smallest absolute Gasteiger partial charge is 0.228 e. The third-order valence-corrected chi connectivity index (χ3v) is 7.99. The van der Waals surface area contributed by atoms with Crippen molar-refractivity contribution in [3.8, 4) is 11.3 Å². The second-order valence-electron chi connectivity index (χ2n) is 10.5. The fraction of sp³-hybridized carbons (Fsp3) is 0.444. The number of allylic oxidation sites excluding steroid dienone is 1. The number of aliphatic hydroxyl groups is 1. The topological polar surface area (TPSA) is 110 Å². The van der Waals surface area contributed by atoms with Gasteiger partial charge < -0.3 is 20.9 Å². The summed E-state index contributed by atoms with van der Waals surface area (Å²) in [5, 5.41) is 18.2. The van der Waals surface area contributed by atoms with E-state index in [1.54, 1.807) is 29.0 Å². The maximum absolute atomic E-state index is 15.1. The van der Waals surface area contributed by atoms with Crippen molar-refractivity contribution in [1.82, 2.24) is 14.6 Å². The van der Waals surface area contributed by atoms with Crippen LogP contribution < -0.4 is 11.1 Å². The zero-order valence-electron chi connectivity index (χ0n) is 20.5. The van der Waals surface area contributed by atoms with Gasteiger partial charge in [-0.25, -0.2) is 13.8 Å². The first-order valence-corrected chi connectivity index (χ1v) is 12.7. The lowest BCUT2D eigenvalue weighted by Gasteiger charge is -2.40. The standard InChI is InChI=1S/C27H30F2N6O2/c1-14-6-16(9-22(30)26(14)36)19-4-5-31-11-24(19)33-27-32-10-18-2-3-23(34-35(18)27)25-20(28)7-15(8-21(25)29)17-12-37-13-17/h2-3,5,7-8,10-11,14,16-17,19,22,26,36H,4,6,9,12-13,30H2,1H3,(H,32,33). The normalized spacial score (nSPS) is 28.2. The molecule has 2 aromatic heterocycles. The van der Waals surface area contributed by atoms with Crippen LogP contribution in [0.25, 0.3) is 16.8 Å². The van der Waals surface area contributed by atoms with Crippen molar-refractivity contribution in [2.75, 3.05) is 18.5 Å². The van der Waals surface area contributed by atoms with E-state index in [1.165, 1.54) is 12.1 Å². The molecule has 0 spiro atoms. The zero-order valence-corrected chi connectivity index (χ0v) is 20.5. The number of aliphatic hydroxyl groups excluding tert-OH is 1. The molecule has 6 rings (SSSR count). The molecule has 2 fully saturated rings. The highest BCUT2D eigenvalue weighted by Gasteiger charge is 2.37. The van der Waals surface area contributed by atoms with Crippen LogP contribution in [0.3, 0.4) is 0 Å². The van der Waals surface area contributed by atoms with E-state index in [1.807, 2.05) is 13.1 Å². The molecule has 1 aliphatic carbocycles. The molecular formula is C27H30F2N6O2. The molecule has 1 saturated heterocycles. The van der Waals surface area contributed by atoms with Crippen LogP contribution in [0.1, 0.15) is 37.7 Å². The van der Waals surface area contributed by atoms with Gasteiger partial charge >= 0.3 is 0 Å². The Morgan fingerprint density at radius 3 is 2.65 bits per heavy atom. The van der Waals surface area contributed by atoms with Gasteiger partial charge in [0, 0.05) is 36.0 Å². The van der Waals surface area contributed by atoms with Crippen LogP contribution in [-0.4, -0.2) is 51.3 Å². The minimum atomic E-state index is -0.655. The van der Waals surface area contributed by atoms with Gasteiger partial charge in [-0.05, 0) is 60.9 Å². The number of halogens is 2. The van der Waals surface area contributed by atoms with Crippen molar-refractivity contribution in [3.05, 3.63) is 59.6 Å². The molecule has 3 aliphatic rings. The number of fused-ring (bicyclic) bond motifs is 1. The molecule has 37 heavy (non-hydrogen) atoms. The number of aromatic nitrogens is 3. The van der Waals surface area contributed by atoms with Gasteiger partial charge in [0.1, 0.15) is 11.6 Å². The fourth-order valence-corrected chi connectivity index (χ4v) is 5.79.